The summed E-state index contributed by atoms with van der Waals surface area (Å²) in [6.07, 6.45) is 3.03. The van der Waals surface area contributed by atoms with Gasteiger partial charge in [-0.15, -0.1) is 0 Å². The zero-order chi connectivity index (χ0) is 21.1. The average Bonchev–Trinajstić information content (AvgIpc) is 3.16. The van der Waals surface area contributed by atoms with E-state index in [2.05, 4.69) is 10.3 Å². The lowest BCUT2D eigenvalue weighted by molar-refractivity contribution is -0.111. The number of ether oxygens (including phenoxy) is 1. The van der Waals surface area contributed by atoms with Crippen molar-refractivity contribution in [3.8, 4) is 17.2 Å². The van der Waals surface area contributed by atoms with Crippen molar-refractivity contribution in [2.75, 3.05) is 12.4 Å². The Kier molecular flexibility index (Phi) is 5.74. The normalized spacial score (nSPS) is 11.2. The van der Waals surface area contributed by atoms with Crippen LogP contribution in [-0.2, 0) is 4.79 Å². The van der Waals surface area contributed by atoms with Crippen LogP contribution in [0.2, 0.25) is 10.0 Å². The minimum Gasteiger partial charge on any atom is -0.496 e. The summed E-state index contributed by atoms with van der Waals surface area (Å²) in [6, 6.07) is 17.8. The number of benzene rings is 3. The van der Waals surface area contributed by atoms with E-state index in [1.54, 1.807) is 49.6 Å². The summed E-state index contributed by atoms with van der Waals surface area (Å²) in [5.74, 6) is 0.816. The van der Waals surface area contributed by atoms with Crippen LogP contribution >= 0.6 is 23.2 Å². The summed E-state index contributed by atoms with van der Waals surface area (Å²) in [5.41, 5.74) is 3.27. The number of rotatable bonds is 5. The first-order valence-electron chi connectivity index (χ1n) is 9.01. The number of halogens is 2. The molecule has 0 atom stereocenters. The third-order valence-corrected chi connectivity index (χ3v) is 4.93. The van der Waals surface area contributed by atoms with Crippen LogP contribution in [0, 0.1) is 0 Å². The molecule has 0 saturated carbocycles. The number of carbonyl (C=O) groups excluding carboxylic acids is 1. The lowest BCUT2D eigenvalue weighted by Crippen LogP contribution is -2.07. The Balaban J connectivity index is 1.53. The molecule has 1 heterocycles. The van der Waals surface area contributed by atoms with Crippen LogP contribution < -0.4 is 10.1 Å². The Morgan fingerprint density at radius 2 is 1.93 bits per heavy atom. The number of nitrogens with one attached hydrogen (secondary N) is 1. The van der Waals surface area contributed by atoms with Crippen molar-refractivity contribution in [2.24, 2.45) is 0 Å². The summed E-state index contributed by atoms with van der Waals surface area (Å²) in [6.45, 7) is 0. The molecule has 1 amide bonds. The zero-order valence-corrected chi connectivity index (χ0v) is 17.4. The Morgan fingerprint density at radius 3 is 2.73 bits per heavy atom. The summed E-state index contributed by atoms with van der Waals surface area (Å²) < 4.78 is 11.3. The number of carbonyl (C=O) groups is 1. The molecule has 0 unspecified atom stereocenters. The number of fused-ring (bicyclic) bond motifs is 1. The summed E-state index contributed by atoms with van der Waals surface area (Å²) >= 11 is 12.0. The third-order valence-electron chi connectivity index (χ3n) is 4.37. The highest BCUT2D eigenvalue weighted by Gasteiger charge is 2.13. The van der Waals surface area contributed by atoms with Gasteiger partial charge < -0.3 is 14.5 Å². The van der Waals surface area contributed by atoms with Gasteiger partial charge in [0.05, 0.1) is 12.7 Å². The molecule has 5 nitrogen and oxygen atoms in total. The molecule has 150 valence electrons. The maximum Gasteiger partial charge on any atom is 0.248 e. The van der Waals surface area contributed by atoms with Crippen LogP contribution in [-0.4, -0.2) is 18.0 Å². The molecule has 0 aliphatic carbocycles. The molecule has 4 rings (SSSR count). The van der Waals surface area contributed by atoms with Crippen molar-refractivity contribution in [1.29, 1.82) is 0 Å². The average molecular weight is 439 g/mol. The highest BCUT2D eigenvalue weighted by molar-refractivity contribution is 6.35. The van der Waals surface area contributed by atoms with Crippen LogP contribution in [0.4, 0.5) is 5.69 Å². The summed E-state index contributed by atoms with van der Waals surface area (Å²) in [4.78, 5) is 16.8. The van der Waals surface area contributed by atoms with Crippen molar-refractivity contribution in [3.05, 3.63) is 82.3 Å². The monoisotopic (exact) mass is 438 g/mol. The minimum absolute atomic E-state index is 0.301. The van der Waals surface area contributed by atoms with Gasteiger partial charge >= 0.3 is 0 Å². The molecule has 0 radical (unpaired) electrons. The number of aromatic nitrogens is 1. The number of hydrogen-bond donors (Lipinski definition) is 1. The van der Waals surface area contributed by atoms with Crippen LogP contribution in [0.3, 0.4) is 0 Å². The van der Waals surface area contributed by atoms with Gasteiger partial charge in [-0.25, -0.2) is 4.98 Å². The van der Waals surface area contributed by atoms with Crippen molar-refractivity contribution in [2.45, 2.75) is 0 Å². The van der Waals surface area contributed by atoms with Gasteiger partial charge in [0.1, 0.15) is 11.3 Å². The molecule has 4 aromatic rings. The Hall–Kier alpha value is -3.28. The maximum absolute atomic E-state index is 12.3. The fraction of sp³-hybridized carbons (Fsp3) is 0.0435. The second-order valence-electron chi connectivity index (χ2n) is 6.39. The fourth-order valence-corrected chi connectivity index (χ4v) is 3.40. The number of hydrogen-bond acceptors (Lipinski definition) is 4. The Bertz CT molecular complexity index is 1260. The quantitative estimate of drug-likeness (QED) is 0.363. The Labute approximate surface area is 182 Å². The predicted molar refractivity (Wildman–Crippen MR) is 120 cm³/mol. The van der Waals surface area contributed by atoms with Crippen LogP contribution in [0.15, 0.2) is 71.2 Å². The van der Waals surface area contributed by atoms with Crippen LogP contribution in [0.5, 0.6) is 5.75 Å². The van der Waals surface area contributed by atoms with E-state index in [9.17, 15) is 4.79 Å². The van der Waals surface area contributed by atoms with Crippen molar-refractivity contribution >= 4 is 52.0 Å². The lowest BCUT2D eigenvalue weighted by Gasteiger charge is -2.03. The van der Waals surface area contributed by atoms with Crippen LogP contribution in [0.1, 0.15) is 5.56 Å². The molecule has 0 saturated heterocycles. The topological polar surface area (TPSA) is 64.4 Å². The van der Waals surface area contributed by atoms with Gasteiger partial charge in [-0.3, -0.25) is 4.79 Å². The molecule has 0 aliphatic heterocycles. The van der Waals surface area contributed by atoms with Gasteiger partial charge in [0.15, 0.2) is 5.58 Å². The zero-order valence-electron chi connectivity index (χ0n) is 15.9. The standard InChI is InChI=1S/C23H16Cl2N2O3/c1-29-20-5-3-2-4-17(20)23-27-19-10-9-16(13-21(19)30-23)26-22(28)11-7-14-6-8-15(24)12-18(14)25/h2-13H,1H3,(H,26,28)/b11-7+. The van der Waals surface area contributed by atoms with E-state index in [-0.39, 0.29) is 5.91 Å². The molecule has 0 bridgehead atoms. The first-order chi connectivity index (χ1) is 14.5. The third kappa shape index (κ3) is 4.32. The summed E-state index contributed by atoms with van der Waals surface area (Å²) in [5, 5.41) is 3.81. The van der Waals surface area contributed by atoms with Gasteiger partial charge in [-0.05, 0) is 48.0 Å². The first kappa shape index (κ1) is 20.0. The molecule has 1 aromatic heterocycles. The molecular weight excluding hydrogens is 423 g/mol. The van der Waals surface area contributed by atoms with E-state index >= 15 is 0 Å². The minimum atomic E-state index is -0.301. The predicted octanol–water partition coefficient (Wildman–Crippen LogP) is 6.46. The number of oxazole rings is 1. The van der Waals surface area contributed by atoms with E-state index < -0.39 is 0 Å². The van der Waals surface area contributed by atoms with Gasteiger partial charge in [0.2, 0.25) is 11.8 Å². The van der Waals surface area contributed by atoms with E-state index in [4.69, 9.17) is 32.4 Å². The number of para-hydroxylation sites is 1. The van der Waals surface area contributed by atoms with Gasteiger partial charge in [-0.1, -0.05) is 41.4 Å². The highest BCUT2D eigenvalue weighted by Crippen LogP contribution is 2.32. The SMILES string of the molecule is COc1ccccc1-c1nc2ccc(NC(=O)/C=C/c3ccc(Cl)cc3Cl)cc2o1. The second-order valence-corrected chi connectivity index (χ2v) is 7.23. The largest absolute Gasteiger partial charge is 0.496 e. The van der Waals surface area contributed by atoms with Gasteiger partial charge in [0, 0.05) is 27.9 Å². The molecule has 0 spiro atoms. The molecule has 3 aromatic carbocycles. The maximum atomic E-state index is 12.3. The van der Waals surface area contributed by atoms with E-state index in [0.29, 0.717) is 44.0 Å². The number of anilines is 1. The number of methoxy groups -OCH3 is 1. The Morgan fingerprint density at radius 1 is 1.10 bits per heavy atom. The summed E-state index contributed by atoms with van der Waals surface area (Å²) in [7, 11) is 1.60. The second kappa shape index (κ2) is 8.61. The molecular formula is C23H16Cl2N2O3. The van der Waals surface area contributed by atoms with Gasteiger partial charge in [-0.2, -0.15) is 0 Å². The molecule has 7 heteroatoms. The first-order valence-corrected chi connectivity index (χ1v) is 9.77. The van der Waals surface area contributed by atoms with E-state index in [0.717, 1.165) is 5.56 Å². The lowest BCUT2D eigenvalue weighted by atomic mass is 10.2. The molecule has 0 fully saturated rings. The van der Waals surface area contributed by atoms with E-state index in [1.807, 2.05) is 24.3 Å². The van der Waals surface area contributed by atoms with Crippen molar-refractivity contribution < 1.29 is 13.9 Å². The molecule has 30 heavy (non-hydrogen) atoms. The van der Waals surface area contributed by atoms with Gasteiger partial charge in [0.25, 0.3) is 0 Å². The smallest absolute Gasteiger partial charge is 0.248 e. The van der Waals surface area contributed by atoms with E-state index in [1.165, 1.54) is 6.08 Å². The number of amides is 1. The van der Waals surface area contributed by atoms with Crippen molar-refractivity contribution in [3.63, 3.8) is 0 Å². The van der Waals surface area contributed by atoms with Crippen LogP contribution in [0.25, 0.3) is 28.6 Å². The molecule has 1 N–H and O–H groups in total. The highest BCUT2D eigenvalue weighted by atomic mass is 35.5. The molecule has 0 aliphatic rings. The fourth-order valence-electron chi connectivity index (χ4n) is 2.92. The van der Waals surface area contributed by atoms with Crippen molar-refractivity contribution in [1.82, 2.24) is 4.98 Å². The number of nitrogens with zero attached hydrogens (tertiary/aromatic N) is 1.